The molecule has 0 saturated heterocycles. The molecule has 1 unspecified atom stereocenters. The largest absolute Gasteiger partial charge is 0.481 e. The van der Waals surface area contributed by atoms with Crippen LogP contribution in [-0.4, -0.2) is 18.4 Å². The summed E-state index contributed by atoms with van der Waals surface area (Å²) >= 11 is 12.2. The Labute approximate surface area is 137 Å². The van der Waals surface area contributed by atoms with E-state index in [2.05, 4.69) is 32.2 Å². The number of nitrogens with one attached hydrogen (secondary N) is 1. The van der Waals surface area contributed by atoms with Crippen LogP contribution in [0.25, 0.3) is 0 Å². The number of hydrogen-bond acceptors (Lipinski definition) is 2. The van der Waals surface area contributed by atoms with Gasteiger partial charge in [-0.2, -0.15) is 0 Å². The molecule has 0 bridgehead atoms. The molecule has 0 spiro atoms. The summed E-state index contributed by atoms with van der Waals surface area (Å²) in [5.74, 6) is 0.566. The highest BCUT2D eigenvalue weighted by molar-refractivity contribution is 6.32. The van der Waals surface area contributed by atoms with Gasteiger partial charge in [-0.05, 0) is 31.3 Å². The number of allylic oxidation sites excluding steroid dienone is 3. The van der Waals surface area contributed by atoms with E-state index in [-0.39, 0.29) is 17.2 Å². The van der Waals surface area contributed by atoms with Gasteiger partial charge in [-0.1, -0.05) is 43.8 Å². The van der Waals surface area contributed by atoms with Gasteiger partial charge in [-0.3, -0.25) is 5.41 Å². The van der Waals surface area contributed by atoms with Crippen LogP contribution in [-0.2, 0) is 4.74 Å². The van der Waals surface area contributed by atoms with E-state index in [9.17, 15) is 0 Å². The molecule has 1 atom stereocenters. The van der Waals surface area contributed by atoms with E-state index in [0.717, 1.165) is 24.0 Å². The second kappa shape index (κ2) is 7.92. The van der Waals surface area contributed by atoms with Gasteiger partial charge in [0.05, 0.1) is 17.6 Å². The van der Waals surface area contributed by atoms with Crippen LogP contribution in [0.4, 0.5) is 0 Å². The molecule has 1 aliphatic carbocycles. The van der Waals surface area contributed by atoms with E-state index in [1.54, 1.807) is 0 Å². The lowest BCUT2D eigenvalue weighted by Crippen LogP contribution is -2.20. The molecule has 0 aromatic rings. The minimum Gasteiger partial charge on any atom is -0.481 e. The molecule has 0 saturated carbocycles. The number of hydrogen-bond donors (Lipinski definition) is 1. The number of halogens is 2. The van der Waals surface area contributed by atoms with Crippen molar-refractivity contribution in [3.05, 3.63) is 33.7 Å². The van der Waals surface area contributed by atoms with Crippen molar-refractivity contribution >= 4 is 29.1 Å². The Hall–Kier alpha value is -0.910. The standard InChI is InChI=1S/C17H23Cl2NO/c1-5-21-16(20)14(7-6-10-18)13-9-8-12(11-15(13)19)17(2,3)4/h11,14,20H,5-7,10H2,1-4H3. The van der Waals surface area contributed by atoms with Gasteiger partial charge in [0, 0.05) is 17.0 Å². The lowest BCUT2D eigenvalue weighted by molar-refractivity contribution is 0.300. The second-order valence-electron chi connectivity index (χ2n) is 6.00. The highest BCUT2D eigenvalue weighted by Gasteiger charge is 2.26. The molecule has 0 fully saturated rings. The first-order chi connectivity index (χ1) is 9.81. The first kappa shape index (κ1) is 18.1. The Kier molecular flexibility index (Phi) is 6.84. The monoisotopic (exact) mass is 327 g/mol. The Morgan fingerprint density at radius 1 is 1.38 bits per heavy atom. The summed E-state index contributed by atoms with van der Waals surface area (Å²) in [6.45, 7) is 8.66. The van der Waals surface area contributed by atoms with Gasteiger partial charge in [0.15, 0.2) is 5.90 Å². The van der Waals surface area contributed by atoms with Crippen LogP contribution in [0.1, 0.15) is 40.5 Å². The van der Waals surface area contributed by atoms with Crippen LogP contribution in [0.3, 0.4) is 0 Å². The maximum Gasteiger partial charge on any atom is 0.188 e. The van der Waals surface area contributed by atoms with Crippen LogP contribution >= 0.6 is 23.2 Å². The predicted molar refractivity (Wildman–Crippen MR) is 90.2 cm³/mol. The highest BCUT2D eigenvalue weighted by Crippen LogP contribution is 2.34. The average molecular weight is 328 g/mol. The molecule has 1 aliphatic rings. The third-order valence-electron chi connectivity index (χ3n) is 3.26. The van der Waals surface area contributed by atoms with E-state index >= 15 is 0 Å². The molecule has 0 aromatic carbocycles. The maximum atomic E-state index is 8.08. The Morgan fingerprint density at radius 3 is 2.52 bits per heavy atom. The van der Waals surface area contributed by atoms with Crippen LogP contribution < -0.4 is 0 Å². The van der Waals surface area contributed by atoms with E-state index in [0.29, 0.717) is 17.5 Å². The second-order valence-corrected chi connectivity index (χ2v) is 6.79. The van der Waals surface area contributed by atoms with Crippen LogP contribution in [0.2, 0.25) is 0 Å². The van der Waals surface area contributed by atoms with Gasteiger partial charge in [0.25, 0.3) is 0 Å². The lowest BCUT2D eigenvalue weighted by atomic mass is 9.84. The molecule has 4 heteroatoms. The Balaban J connectivity index is 3.19. The third-order valence-corrected chi connectivity index (χ3v) is 3.84. The average Bonchev–Trinajstić information content (AvgIpc) is 2.39. The third kappa shape index (κ3) is 5.09. The van der Waals surface area contributed by atoms with Gasteiger partial charge >= 0.3 is 0 Å². The van der Waals surface area contributed by atoms with Gasteiger partial charge in [0.2, 0.25) is 0 Å². The van der Waals surface area contributed by atoms with Crippen molar-refractivity contribution in [3.8, 4) is 0 Å². The van der Waals surface area contributed by atoms with E-state index in [1.807, 2.05) is 13.0 Å². The quantitative estimate of drug-likeness (QED) is 0.300. The van der Waals surface area contributed by atoms with Gasteiger partial charge in [-0.15, -0.1) is 11.6 Å². The number of alkyl halides is 1. The van der Waals surface area contributed by atoms with Crippen molar-refractivity contribution in [3.63, 3.8) is 0 Å². The fraction of sp³-hybridized carbons (Fsp3) is 0.588. The molecule has 2 nitrogen and oxygen atoms in total. The zero-order chi connectivity index (χ0) is 16.0. The number of ether oxygens (including phenoxy) is 1. The molecule has 1 N–H and O–H groups in total. The summed E-state index contributed by atoms with van der Waals surface area (Å²) in [5.41, 5.74) is 8.07. The smallest absolute Gasteiger partial charge is 0.188 e. The molecular formula is C17H23Cl2NO. The molecule has 21 heavy (non-hydrogen) atoms. The molecule has 0 aromatic heterocycles. The van der Waals surface area contributed by atoms with Crippen LogP contribution in [0, 0.1) is 16.7 Å². The SMILES string of the molecule is CCOC(=N)C(CCCCl)C1=C=C=C(C(C)(C)C)C=C1Cl. The summed E-state index contributed by atoms with van der Waals surface area (Å²) in [7, 11) is 0. The van der Waals surface area contributed by atoms with Crippen molar-refractivity contribution < 1.29 is 4.74 Å². The molecule has 116 valence electrons. The minimum atomic E-state index is -0.207. The zero-order valence-electron chi connectivity index (χ0n) is 13.1. The topological polar surface area (TPSA) is 33.1 Å². The summed E-state index contributed by atoms with van der Waals surface area (Å²) in [5, 5.41) is 8.69. The number of rotatable bonds is 6. The molecule has 0 aliphatic heterocycles. The van der Waals surface area contributed by atoms with E-state index < -0.39 is 0 Å². The molecule has 0 radical (unpaired) electrons. The Bertz CT molecular complexity index is 527. The van der Waals surface area contributed by atoms with E-state index in [4.69, 9.17) is 33.3 Å². The van der Waals surface area contributed by atoms with Crippen molar-refractivity contribution in [1.29, 1.82) is 5.41 Å². The Morgan fingerprint density at radius 2 is 2.05 bits per heavy atom. The van der Waals surface area contributed by atoms with Crippen LogP contribution in [0.15, 0.2) is 33.7 Å². The van der Waals surface area contributed by atoms with Crippen molar-refractivity contribution in [2.75, 3.05) is 12.5 Å². The van der Waals surface area contributed by atoms with Crippen molar-refractivity contribution in [1.82, 2.24) is 0 Å². The summed E-state index contributed by atoms with van der Waals surface area (Å²) in [4.78, 5) is 0. The summed E-state index contributed by atoms with van der Waals surface area (Å²) < 4.78 is 5.36. The van der Waals surface area contributed by atoms with Crippen LogP contribution in [0.5, 0.6) is 0 Å². The van der Waals surface area contributed by atoms with Crippen molar-refractivity contribution in [2.24, 2.45) is 11.3 Å². The summed E-state index contributed by atoms with van der Waals surface area (Å²) in [6, 6.07) is 0. The molecule has 0 amide bonds. The molecule has 1 rings (SSSR count). The molecule has 0 heterocycles. The fourth-order valence-corrected chi connectivity index (χ4v) is 2.48. The first-order valence-electron chi connectivity index (χ1n) is 7.22. The van der Waals surface area contributed by atoms with Gasteiger partial charge in [0.1, 0.15) is 0 Å². The predicted octanol–water partition coefficient (Wildman–Crippen LogP) is 5.42. The van der Waals surface area contributed by atoms with Gasteiger partial charge in [-0.25, -0.2) is 0 Å². The first-order valence-corrected chi connectivity index (χ1v) is 8.13. The maximum absolute atomic E-state index is 8.08. The fourth-order valence-electron chi connectivity index (χ4n) is 2.04. The normalized spacial score (nSPS) is 16.0. The van der Waals surface area contributed by atoms with Gasteiger partial charge < -0.3 is 4.74 Å². The highest BCUT2D eigenvalue weighted by atomic mass is 35.5. The lowest BCUT2D eigenvalue weighted by Gasteiger charge is -2.23. The molecular weight excluding hydrogens is 305 g/mol. The zero-order valence-corrected chi connectivity index (χ0v) is 14.7. The van der Waals surface area contributed by atoms with E-state index in [1.165, 1.54) is 0 Å². The summed E-state index contributed by atoms with van der Waals surface area (Å²) in [6.07, 6.45) is 3.44. The van der Waals surface area contributed by atoms with Crippen molar-refractivity contribution in [2.45, 2.75) is 40.5 Å². The minimum absolute atomic E-state index is 0.0300.